The van der Waals surface area contributed by atoms with Crippen molar-refractivity contribution >= 4 is 34.3 Å². The molecule has 0 aliphatic carbocycles. The fraction of sp³-hybridized carbons (Fsp3) is 0.400. The van der Waals surface area contributed by atoms with Gasteiger partial charge in [-0.25, -0.2) is 0 Å². The van der Waals surface area contributed by atoms with Crippen LogP contribution < -0.4 is 5.32 Å². The van der Waals surface area contributed by atoms with E-state index in [1.165, 1.54) is 42.4 Å². The molecule has 0 unspecified atom stereocenters. The number of hydrogen-bond acceptors (Lipinski definition) is 2. The molecule has 100 valence electrons. The lowest BCUT2D eigenvalue weighted by Crippen LogP contribution is -2.29. The molecule has 1 aliphatic heterocycles. The van der Waals surface area contributed by atoms with Gasteiger partial charge in [0.2, 0.25) is 0 Å². The van der Waals surface area contributed by atoms with Gasteiger partial charge in [-0.2, -0.15) is 0 Å². The summed E-state index contributed by atoms with van der Waals surface area (Å²) >= 11 is 4.86. The molecule has 3 nitrogen and oxygen atoms in total. The second-order valence-electron chi connectivity index (χ2n) is 5.34. The molecule has 0 amide bonds. The molecule has 4 heteroatoms. The first kappa shape index (κ1) is 12.6. The van der Waals surface area contributed by atoms with Gasteiger partial charge in [-0.3, -0.25) is 0 Å². The summed E-state index contributed by atoms with van der Waals surface area (Å²) in [6, 6.07) is 6.37. The van der Waals surface area contributed by atoms with E-state index in [0.29, 0.717) is 5.92 Å². The molecule has 1 saturated heterocycles. The summed E-state index contributed by atoms with van der Waals surface area (Å²) in [4.78, 5) is 5.80. The van der Waals surface area contributed by atoms with Crippen molar-refractivity contribution < 1.29 is 0 Å². The van der Waals surface area contributed by atoms with Crippen molar-refractivity contribution in [1.82, 2.24) is 9.88 Å². The van der Waals surface area contributed by atoms with Gasteiger partial charge < -0.3 is 15.2 Å². The maximum absolute atomic E-state index is 4.86. The van der Waals surface area contributed by atoms with Crippen molar-refractivity contribution in [2.45, 2.75) is 18.8 Å². The van der Waals surface area contributed by atoms with Gasteiger partial charge in [0.1, 0.15) is 0 Å². The Morgan fingerprint density at radius 2 is 2.16 bits per heavy atom. The molecule has 19 heavy (non-hydrogen) atoms. The van der Waals surface area contributed by atoms with Crippen molar-refractivity contribution in [1.29, 1.82) is 0 Å². The monoisotopic (exact) mass is 273 g/mol. The van der Waals surface area contributed by atoms with Crippen LogP contribution in [0, 0.1) is 0 Å². The van der Waals surface area contributed by atoms with E-state index in [1.54, 1.807) is 5.49 Å². The molecule has 3 rings (SSSR count). The number of nitrogens with one attached hydrogen (secondary N) is 2. The summed E-state index contributed by atoms with van der Waals surface area (Å²) in [5.41, 5.74) is 5.29. The van der Waals surface area contributed by atoms with Gasteiger partial charge in [0.15, 0.2) is 0 Å². The SMILES string of the molecule is CN1CCC(c2c[nH]c3ccc(NC=S)cc23)CC1. The van der Waals surface area contributed by atoms with E-state index >= 15 is 0 Å². The van der Waals surface area contributed by atoms with Crippen molar-refractivity contribution in [3.05, 3.63) is 30.0 Å². The lowest BCUT2D eigenvalue weighted by Gasteiger charge is -2.28. The first-order valence-electron chi connectivity index (χ1n) is 6.77. The Bertz CT molecular complexity index is 582. The number of thiocarbonyl (C=S) groups is 1. The van der Waals surface area contributed by atoms with Crippen molar-refractivity contribution in [2.24, 2.45) is 0 Å². The smallest absolute Gasteiger partial charge is 0.0658 e. The van der Waals surface area contributed by atoms with E-state index in [2.05, 4.69) is 46.6 Å². The number of aromatic amines is 1. The maximum atomic E-state index is 4.86. The Kier molecular flexibility index (Phi) is 3.53. The van der Waals surface area contributed by atoms with E-state index in [4.69, 9.17) is 12.2 Å². The molecule has 0 bridgehead atoms. The molecule has 1 aromatic carbocycles. The number of benzene rings is 1. The Labute approximate surface area is 119 Å². The van der Waals surface area contributed by atoms with Crippen LogP contribution >= 0.6 is 12.2 Å². The zero-order valence-electron chi connectivity index (χ0n) is 11.1. The summed E-state index contributed by atoms with van der Waals surface area (Å²) < 4.78 is 0. The summed E-state index contributed by atoms with van der Waals surface area (Å²) in [6.07, 6.45) is 4.67. The zero-order chi connectivity index (χ0) is 13.2. The van der Waals surface area contributed by atoms with Crippen LogP contribution in [0.25, 0.3) is 10.9 Å². The number of anilines is 1. The lowest BCUT2D eigenvalue weighted by molar-refractivity contribution is 0.256. The van der Waals surface area contributed by atoms with Crippen LogP contribution in [-0.4, -0.2) is 35.5 Å². The van der Waals surface area contributed by atoms with Gasteiger partial charge in [-0.05, 0) is 62.7 Å². The second kappa shape index (κ2) is 5.31. The molecular weight excluding hydrogens is 254 g/mol. The molecule has 2 aromatic rings. The Morgan fingerprint density at radius 3 is 2.89 bits per heavy atom. The first-order valence-corrected chi connectivity index (χ1v) is 7.25. The summed E-state index contributed by atoms with van der Waals surface area (Å²) in [7, 11) is 2.20. The molecule has 0 spiro atoms. The second-order valence-corrected chi connectivity index (χ2v) is 5.58. The molecule has 1 aromatic heterocycles. The fourth-order valence-corrected chi connectivity index (χ4v) is 3.09. The highest BCUT2D eigenvalue weighted by Gasteiger charge is 2.20. The number of nitrogens with zero attached hydrogens (tertiary/aromatic N) is 1. The van der Waals surface area contributed by atoms with Crippen LogP contribution in [0.5, 0.6) is 0 Å². The van der Waals surface area contributed by atoms with Crippen LogP contribution in [0.1, 0.15) is 24.3 Å². The van der Waals surface area contributed by atoms with Gasteiger partial charge in [0.25, 0.3) is 0 Å². The summed E-state index contributed by atoms with van der Waals surface area (Å²) in [6.45, 7) is 2.38. The number of piperidine rings is 1. The van der Waals surface area contributed by atoms with Crippen LogP contribution in [0.2, 0.25) is 0 Å². The number of aromatic nitrogens is 1. The molecule has 0 saturated carbocycles. The minimum atomic E-state index is 0.674. The van der Waals surface area contributed by atoms with Gasteiger partial charge in [0.05, 0.1) is 5.49 Å². The number of rotatable bonds is 3. The number of fused-ring (bicyclic) bond motifs is 1. The maximum Gasteiger partial charge on any atom is 0.0658 e. The van der Waals surface area contributed by atoms with Crippen molar-refractivity contribution in [3.63, 3.8) is 0 Å². The topological polar surface area (TPSA) is 31.1 Å². The third-order valence-electron chi connectivity index (χ3n) is 4.10. The quantitative estimate of drug-likeness (QED) is 0.841. The van der Waals surface area contributed by atoms with Crippen LogP contribution in [0.3, 0.4) is 0 Å². The van der Waals surface area contributed by atoms with Gasteiger partial charge in [-0.15, -0.1) is 0 Å². The van der Waals surface area contributed by atoms with E-state index < -0.39 is 0 Å². The summed E-state index contributed by atoms with van der Waals surface area (Å²) in [5, 5.41) is 4.42. The highest BCUT2D eigenvalue weighted by molar-refractivity contribution is 7.79. The largest absolute Gasteiger partial charge is 0.361 e. The average Bonchev–Trinajstić information content (AvgIpc) is 2.83. The Hall–Kier alpha value is -1.39. The minimum Gasteiger partial charge on any atom is -0.361 e. The lowest BCUT2D eigenvalue weighted by atomic mass is 9.89. The van der Waals surface area contributed by atoms with E-state index in [9.17, 15) is 0 Å². The molecule has 0 radical (unpaired) electrons. The van der Waals surface area contributed by atoms with Gasteiger partial charge in [-0.1, -0.05) is 12.2 Å². The van der Waals surface area contributed by atoms with E-state index in [-0.39, 0.29) is 0 Å². The first-order chi connectivity index (χ1) is 9.28. The summed E-state index contributed by atoms with van der Waals surface area (Å²) in [5.74, 6) is 0.674. The van der Waals surface area contributed by atoms with Crippen molar-refractivity contribution in [3.8, 4) is 0 Å². The standard InChI is InChI=1S/C15H19N3S/c1-18-6-4-11(5-7-18)14-9-16-15-3-2-12(17-10-19)8-13(14)15/h2-3,8-11,16H,4-7H2,1H3,(H,17,19). The molecule has 0 atom stereocenters. The number of H-pyrrole nitrogens is 1. The van der Waals surface area contributed by atoms with Crippen molar-refractivity contribution in [2.75, 3.05) is 25.5 Å². The highest BCUT2D eigenvalue weighted by Crippen LogP contribution is 2.33. The van der Waals surface area contributed by atoms with E-state index in [1.807, 2.05) is 0 Å². The normalized spacial score (nSPS) is 17.7. The van der Waals surface area contributed by atoms with Gasteiger partial charge >= 0.3 is 0 Å². The van der Waals surface area contributed by atoms with E-state index in [0.717, 1.165) is 5.69 Å². The third-order valence-corrected chi connectivity index (χ3v) is 4.22. The predicted molar refractivity (Wildman–Crippen MR) is 85.0 cm³/mol. The Morgan fingerprint density at radius 1 is 1.37 bits per heavy atom. The molecule has 2 N–H and O–H groups in total. The molecule has 2 heterocycles. The fourth-order valence-electron chi connectivity index (χ4n) is 2.96. The van der Waals surface area contributed by atoms with Crippen LogP contribution in [0.15, 0.2) is 24.4 Å². The molecular formula is C15H19N3S. The van der Waals surface area contributed by atoms with Crippen LogP contribution in [0.4, 0.5) is 5.69 Å². The highest BCUT2D eigenvalue weighted by atomic mass is 32.1. The third kappa shape index (κ3) is 2.51. The minimum absolute atomic E-state index is 0.674. The molecule has 1 aliphatic rings. The number of hydrogen-bond donors (Lipinski definition) is 2. The average molecular weight is 273 g/mol. The molecule has 1 fully saturated rings. The zero-order valence-corrected chi connectivity index (χ0v) is 12.0. The van der Waals surface area contributed by atoms with Gasteiger partial charge in [0, 0.05) is 22.8 Å². The predicted octanol–water partition coefficient (Wildman–Crippen LogP) is 3.35. The Balaban J connectivity index is 1.94. The number of likely N-dealkylation sites (tertiary alicyclic amines) is 1. The van der Waals surface area contributed by atoms with Crippen LogP contribution in [-0.2, 0) is 0 Å².